The van der Waals surface area contributed by atoms with Crippen molar-refractivity contribution in [1.82, 2.24) is 18.8 Å². The number of para-hydroxylation sites is 2. The zero-order valence-corrected chi connectivity index (χ0v) is 19.2. The van der Waals surface area contributed by atoms with Gasteiger partial charge >= 0.3 is 6.18 Å². The molecular formula is C22H24F3N5O3S. The van der Waals surface area contributed by atoms with Gasteiger partial charge in [-0.3, -0.25) is 4.79 Å². The van der Waals surface area contributed by atoms with E-state index in [-0.39, 0.29) is 21.6 Å². The fourth-order valence-corrected chi connectivity index (χ4v) is 5.36. The summed E-state index contributed by atoms with van der Waals surface area (Å²) < 4.78 is 68.3. The maximum absolute atomic E-state index is 13.4. The van der Waals surface area contributed by atoms with Gasteiger partial charge in [0.15, 0.2) is 0 Å². The van der Waals surface area contributed by atoms with Gasteiger partial charge in [-0.1, -0.05) is 19.1 Å². The minimum absolute atomic E-state index is 0.0930. The van der Waals surface area contributed by atoms with Gasteiger partial charge in [-0.15, -0.1) is 0 Å². The summed E-state index contributed by atoms with van der Waals surface area (Å²) in [4.78, 5) is 18.4. The van der Waals surface area contributed by atoms with E-state index in [4.69, 9.17) is 0 Å². The Hall–Kier alpha value is -2.96. The molecule has 0 radical (unpaired) electrons. The quantitative estimate of drug-likeness (QED) is 0.568. The molecule has 8 nitrogen and oxygen atoms in total. The molecule has 1 amide bonds. The molecule has 1 aliphatic rings. The van der Waals surface area contributed by atoms with E-state index in [9.17, 15) is 26.4 Å². The maximum atomic E-state index is 13.4. The number of benzene rings is 2. The van der Waals surface area contributed by atoms with Crippen LogP contribution in [0.2, 0.25) is 0 Å². The molecule has 0 aliphatic carbocycles. The standard InChI is InChI=1S/C22H24F3N5O3S/c1-2-28-11-13-29(14-12-28)34(32,33)17-9-7-16(8-10-17)26-20(31)15-30-19-6-4-3-5-18(19)27-21(30)22(23,24)25/h3-10H,2,11-15H2,1H3,(H,26,31). The Labute approximate surface area is 195 Å². The molecule has 0 saturated carbocycles. The van der Waals surface area contributed by atoms with Gasteiger partial charge in [-0.25, -0.2) is 13.4 Å². The van der Waals surface area contributed by atoms with Gasteiger partial charge in [0.1, 0.15) is 6.54 Å². The monoisotopic (exact) mass is 495 g/mol. The SMILES string of the molecule is CCN1CCN(S(=O)(=O)c2ccc(NC(=O)Cn3c(C(F)(F)F)nc4ccccc43)cc2)CC1. The number of anilines is 1. The number of fused-ring (bicyclic) bond motifs is 1. The molecular weight excluding hydrogens is 471 g/mol. The highest BCUT2D eigenvalue weighted by molar-refractivity contribution is 7.89. The minimum atomic E-state index is -4.72. The van der Waals surface area contributed by atoms with Gasteiger partial charge in [0.2, 0.25) is 21.8 Å². The van der Waals surface area contributed by atoms with Crippen molar-refractivity contribution in [2.75, 3.05) is 38.0 Å². The summed E-state index contributed by atoms with van der Waals surface area (Å²) in [6.45, 7) is 4.40. The van der Waals surface area contributed by atoms with Crippen LogP contribution in [0.15, 0.2) is 53.4 Å². The number of nitrogens with one attached hydrogen (secondary N) is 1. The molecule has 1 aromatic heterocycles. The number of imidazole rings is 1. The summed E-state index contributed by atoms with van der Waals surface area (Å²) in [5, 5.41) is 2.53. The molecule has 1 aliphatic heterocycles. The summed E-state index contributed by atoms with van der Waals surface area (Å²) in [7, 11) is -3.67. The Morgan fingerprint density at radius 1 is 1.03 bits per heavy atom. The lowest BCUT2D eigenvalue weighted by Gasteiger charge is -2.33. The van der Waals surface area contributed by atoms with Crippen LogP contribution in [0, 0.1) is 0 Å². The number of carbonyl (C=O) groups excluding carboxylic acids is 1. The number of alkyl halides is 3. The third-order valence-corrected chi connectivity index (χ3v) is 7.68. The number of halogens is 3. The number of hydrogen-bond acceptors (Lipinski definition) is 5. The van der Waals surface area contributed by atoms with Gasteiger partial charge in [0.05, 0.1) is 15.9 Å². The van der Waals surface area contributed by atoms with Crippen molar-refractivity contribution in [3.63, 3.8) is 0 Å². The average Bonchev–Trinajstić information content (AvgIpc) is 3.18. The molecule has 182 valence electrons. The number of amides is 1. The molecule has 1 fully saturated rings. The first kappa shape index (κ1) is 24.2. The predicted molar refractivity (Wildman–Crippen MR) is 121 cm³/mol. The second-order valence-corrected chi connectivity index (χ2v) is 9.86. The molecule has 12 heteroatoms. The van der Waals surface area contributed by atoms with E-state index in [2.05, 4.69) is 15.2 Å². The number of piperazine rings is 1. The van der Waals surface area contributed by atoms with Gasteiger partial charge < -0.3 is 14.8 Å². The fourth-order valence-electron chi connectivity index (χ4n) is 3.94. The third kappa shape index (κ3) is 4.93. The van der Waals surface area contributed by atoms with Crippen molar-refractivity contribution >= 4 is 32.7 Å². The van der Waals surface area contributed by atoms with Gasteiger partial charge in [-0.2, -0.15) is 17.5 Å². The summed E-state index contributed by atoms with van der Waals surface area (Å²) in [5.41, 5.74) is 0.601. The summed E-state index contributed by atoms with van der Waals surface area (Å²) >= 11 is 0. The van der Waals surface area contributed by atoms with Crippen LogP contribution < -0.4 is 5.32 Å². The van der Waals surface area contributed by atoms with Gasteiger partial charge in [-0.05, 0) is 42.9 Å². The van der Waals surface area contributed by atoms with Crippen LogP contribution in [0.3, 0.4) is 0 Å². The largest absolute Gasteiger partial charge is 0.449 e. The van der Waals surface area contributed by atoms with Crippen molar-refractivity contribution in [3.05, 3.63) is 54.4 Å². The van der Waals surface area contributed by atoms with Crippen molar-refractivity contribution in [3.8, 4) is 0 Å². The van der Waals surface area contributed by atoms with E-state index in [1.807, 2.05) is 6.92 Å². The van der Waals surface area contributed by atoms with E-state index in [1.165, 1.54) is 40.7 Å². The molecule has 2 aromatic carbocycles. The van der Waals surface area contributed by atoms with E-state index in [1.54, 1.807) is 12.1 Å². The molecule has 0 atom stereocenters. The van der Waals surface area contributed by atoms with Crippen LogP contribution in [-0.2, 0) is 27.5 Å². The van der Waals surface area contributed by atoms with Gasteiger partial charge in [0.25, 0.3) is 0 Å². The molecule has 0 unspecified atom stereocenters. The van der Waals surface area contributed by atoms with Crippen molar-refractivity contribution in [1.29, 1.82) is 0 Å². The van der Waals surface area contributed by atoms with E-state index >= 15 is 0 Å². The predicted octanol–water partition coefficient (Wildman–Crippen LogP) is 3.02. The zero-order chi connectivity index (χ0) is 24.5. The lowest BCUT2D eigenvalue weighted by Crippen LogP contribution is -2.48. The number of nitrogens with zero attached hydrogens (tertiary/aromatic N) is 4. The van der Waals surface area contributed by atoms with E-state index in [0.717, 1.165) is 11.1 Å². The molecule has 4 rings (SSSR count). The second-order valence-electron chi connectivity index (χ2n) is 7.92. The lowest BCUT2D eigenvalue weighted by atomic mass is 10.3. The Balaban J connectivity index is 1.47. The number of rotatable bonds is 6. The smallest absolute Gasteiger partial charge is 0.325 e. The summed E-state index contributed by atoms with van der Waals surface area (Å²) in [6, 6.07) is 11.6. The van der Waals surface area contributed by atoms with E-state index < -0.39 is 34.5 Å². The Morgan fingerprint density at radius 2 is 1.68 bits per heavy atom. The molecule has 0 spiro atoms. The number of aromatic nitrogens is 2. The highest BCUT2D eigenvalue weighted by Gasteiger charge is 2.38. The maximum Gasteiger partial charge on any atom is 0.449 e. The lowest BCUT2D eigenvalue weighted by molar-refractivity contribution is -0.147. The first-order valence-electron chi connectivity index (χ1n) is 10.7. The van der Waals surface area contributed by atoms with Crippen molar-refractivity contribution in [2.45, 2.75) is 24.5 Å². The van der Waals surface area contributed by atoms with Crippen molar-refractivity contribution < 1.29 is 26.4 Å². The Kier molecular flexibility index (Phi) is 6.65. The van der Waals surface area contributed by atoms with Crippen LogP contribution in [0.25, 0.3) is 11.0 Å². The molecule has 1 saturated heterocycles. The highest BCUT2D eigenvalue weighted by atomic mass is 32.2. The normalized spacial score (nSPS) is 16.1. The first-order valence-corrected chi connectivity index (χ1v) is 12.2. The molecule has 0 bridgehead atoms. The summed E-state index contributed by atoms with van der Waals surface area (Å²) in [5.74, 6) is -1.85. The van der Waals surface area contributed by atoms with Crippen LogP contribution in [-0.4, -0.2) is 65.8 Å². The van der Waals surface area contributed by atoms with Crippen LogP contribution in [0.5, 0.6) is 0 Å². The minimum Gasteiger partial charge on any atom is -0.325 e. The molecule has 2 heterocycles. The first-order chi connectivity index (χ1) is 16.1. The van der Waals surface area contributed by atoms with Crippen LogP contribution in [0.1, 0.15) is 12.7 Å². The molecule has 3 aromatic rings. The number of sulfonamides is 1. The van der Waals surface area contributed by atoms with Gasteiger partial charge in [0, 0.05) is 31.9 Å². The zero-order valence-electron chi connectivity index (χ0n) is 18.4. The fraction of sp³-hybridized carbons (Fsp3) is 0.364. The number of carbonyl (C=O) groups is 1. The number of likely N-dealkylation sites (N-methyl/N-ethyl adjacent to an activating group) is 1. The Bertz CT molecular complexity index is 1280. The molecule has 34 heavy (non-hydrogen) atoms. The Morgan fingerprint density at radius 3 is 2.29 bits per heavy atom. The highest BCUT2D eigenvalue weighted by Crippen LogP contribution is 2.31. The van der Waals surface area contributed by atoms with Crippen LogP contribution >= 0.6 is 0 Å². The van der Waals surface area contributed by atoms with Crippen LogP contribution in [0.4, 0.5) is 18.9 Å². The second kappa shape index (κ2) is 9.35. The molecule has 1 N–H and O–H groups in total. The summed E-state index contributed by atoms with van der Waals surface area (Å²) in [6.07, 6.45) is -4.72. The third-order valence-electron chi connectivity index (χ3n) is 5.76. The van der Waals surface area contributed by atoms with Crippen molar-refractivity contribution in [2.24, 2.45) is 0 Å². The van der Waals surface area contributed by atoms with E-state index in [0.29, 0.717) is 26.2 Å². The topological polar surface area (TPSA) is 87.5 Å². The average molecular weight is 496 g/mol. The number of hydrogen-bond donors (Lipinski definition) is 1.